The quantitative estimate of drug-likeness (QED) is 0.270. The summed E-state index contributed by atoms with van der Waals surface area (Å²) in [7, 11) is 0. The van der Waals surface area contributed by atoms with Gasteiger partial charge in [-0.1, -0.05) is 31.1 Å². The fraction of sp³-hybridized carbons (Fsp3) is 0.444. The first kappa shape index (κ1) is 21.8. The molecule has 1 aromatic carbocycles. The largest absolute Gasteiger partial charge is 0.359 e. The molecule has 0 bridgehead atoms. The highest BCUT2D eigenvalue weighted by Crippen LogP contribution is 2.15. The predicted octanol–water partition coefficient (Wildman–Crippen LogP) is 4.39. The molecule has 2 aromatic rings. The Labute approximate surface area is 171 Å². The van der Waals surface area contributed by atoms with Crippen LogP contribution in [0.2, 0.25) is 0 Å². The second-order valence-electron chi connectivity index (χ2n) is 5.77. The summed E-state index contributed by atoms with van der Waals surface area (Å²) in [5, 5.41) is 10.6. The van der Waals surface area contributed by atoms with E-state index in [2.05, 4.69) is 72.1 Å². The molecule has 5 nitrogen and oxygen atoms in total. The van der Waals surface area contributed by atoms with E-state index in [9.17, 15) is 0 Å². The zero-order chi connectivity index (χ0) is 17.4. The summed E-state index contributed by atoms with van der Waals surface area (Å²) in [4.78, 5) is 5.88. The molecule has 0 fully saturated rings. The first-order valence-electron chi connectivity index (χ1n) is 8.23. The lowest BCUT2D eigenvalue weighted by molar-refractivity contribution is 0.372. The summed E-state index contributed by atoms with van der Waals surface area (Å²) in [5.41, 5.74) is 2.16. The fourth-order valence-corrected chi connectivity index (χ4v) is 2.51. The third kappa shape index (κ3) is 7.27. The van der Waals surface area contributed by atoms with Crippen molar-refractivity contribution in [2.24, 2.45) is 4.99 Å². The Kier molecular flexibility index (Phi) is 9.96. The molecule has 7 heteroatoms. The first-order valence-corrected chi connectivity index (χ1v) is 9.45. The van der Waals surface area contributed by atoms with E-state index >= 15 is 0 Å². The van der Waals surface area contributed by atoms with E-state index < -0.39 is 0 Å². The number of halogens is 1. The van der Waals surface area contributed by atoms with Crippen LogP contribution in [0.4, 0.5) is 0 Å². The maximum absolute atomic E-state index is 5.35. The molecule has 2 rings (SSSR count). The Morgan fingerprint density at radius 1 is 1.24 bits per heavy atom. The lowest BCUT2D eigenvalue weighted by atomic mass is 10.1. The van der Waals surface area contributed by atoms with Crippen LogP contribution in [0.3, 0.4) is 0 Å². The normalized spacial score (nSPS) is 11.3. The van der Waals surface area contributed by atoms with Crippen LogP contribution < -0.4 is 10.6 Å². The van der Waals surface area contributed by atoms with Crippen LogP contribution >= 0.6 is 35.7 Å². The van der Waals surface area contributed by atoms with Gasteiger partial charge >= 0.3 is 0 Å². The average molecular weight is 474 g/mol. The van der Waals surface area contributed by atoms with Crippen molar-refractivity contribution in [3.05, 3.63) is 47.3 Å². The lowest BCUT2D eigenvalue weighted by Gasteiger charge is -2.10. The number of rotatable bonds is 7. The van der Waals surface area contributed by atoms with Gasteiger partial charge in [-0.05, 0) is 36.8 Å². The van der Waals surface area contributed by atoms with Gasteiger partial charge in [0.25, 0.3) is 0 Å². The van der Waals surface area contributed by atoms with Gasteiger partial charge in [-0.2, -0.15) is 0 Å². The van der Waals surface area contributed by atoms with Crippen LogP contribution in [0, 0.1) is 0 Å². The van der Waals surface area contributed by atoms with Crippen molar-refractivity contribution in [2.75, 3.05) is 12.8 Å². The highest BCUT2D eigenvalue weighted by Gasteiger charge is 2.08. The molecule has 1 heterocycles. The van der Waals surface area contributed by atoms with Crippen molar-refractivity contribution in [2.45, 2.75) is 44.7 Å². The minimum atomic E-state index is 0. The van der Waals surface area contributed by atoms with Gasteiger partial charge in [-0.15, -0.1) is 35.7 Å². The van der Waals surface area contributed by atoms with E-state index in [1.54, 1.807) is 11.8 Å². The van der Waals surface area contributed by atoms with Crippen LogP contribution in [-0.2, 0) is 13.1 Å². The van der Waals surface area contributed by atoms with E-state index in [0.717, 1.165) is 24.0 Å². The van der Waals surface area contributed by atoms with E-state index in [0.29, 0.717) is 19.0 Å². The molecule has 0 amide bonds. The Bertz CT molecular complexity index is 655. The molecule has 25 heavy (non-hydrogen) atoms. The maximum Gasteiger partial charge on any atom is 0.191 e. The highest BCUT2D eigenvalue weighted by atomic mass is 127. The van der Waals surface area contributed by atoms with Gasteiger partial charge < -0.3 is 15.2 Å². The van der Waals surface area contributed by atoms with Crippen LogP contribution in [0.25, 0.3) is 0 Å². The molecule has 0 aliphatic carbocycles. The van der Waals surface area contributed by atoms with Crippen molar-refractivity contribution >= 4 is 41.7 Å². The average Bonchev–Trinajstić information content (AvgIpc) is 3.07. The second-order valence-corrected chi connectivity index (χ2v) is 6.65. The molecule has 2 N–H and O–H groups in total. The van der Waals surface area contributed by atoms with Gasteiger partial charge in [0.1, 0.15) is 0 Å². The molecule has 138 valence electrons. The number of aliphatic imine (C=N–C) groups is 1. The summed E-state index contributed by atoms with van der Waals surface area (Å²) in [6, 6.07) is 10.5. The van der Waals surface area contributed by atoms with Gasteiger partial charge in [-0.25, -0.2) is 4.99 Å². The lowest BCUT2D eigenvalue weighted by Crippen LogP contribution is -2.36. The summed E-state index contributed by atoms with van der Waals surface area (Å²) >= 11 is 1.74. The molecule has 0 aliphatic rings. The van der Waals surface area contributed by atoms with Gasteiger partial charge in [0, 0.05) is 17.5 Å². The van der Waals surface area contributed by atoms with E-state index in [1.165, 1.54) is 10.5 Å². The van der Waals surface area contributed by atoms with Crippen molar-refractivity contribution in [3.8, 4) is 0 Å². The van der Waals surface area contributed by atoms with E-state index in [-0.39, 0.29) is 24.0 Å². The van der Waals surface area contributed by atoms with Crippen molar-refractivity contribution in [1.29, 1.82) is 0 Å². The highest BCUT2D eigenvalue weighted by molar-refractivity contribution is 14.0. The number of benzene rings is 1. The van der Waals surface area contributed by atoms with Crippen LogP contribution in [0.15, 0.2) is 44.7 Å². The molecular formula is C18H27IN4OS. The minimum Gasteiger partial charge on any atom is -0.359 e. The predicted molar refractivity (Wildman–Crippen MR) is 116 cm³/mol. The van der Waals surface area contributed by atoms with Gasteiger partial charge in [-0.3, -0.25) is 0 Å². The van der Waals surface area contributed by atoms with E-state index in [4.69, 9.17) is 4.52 Å². The summed E-state index contributed by atoms with van der Waals surface area (Å²) in [6.07, 6.45) is 2.08. The molecule has 0 spiro atoms. The molecule has 1 aromatic heterocycles. The molecule has 0 aliphatic heterocycles. The number of guanidine groups is 1. The Balaban J connectivity index is 0.00000312. The number of hydrogen-bond donors (Lipinski definition) is 2. The van der Waals surface area contributed by atoms with Crippen LogP contribution in [0.1, 0.15) is 43.7 Å². The summed E-state index contributed by atoms with van der Waals surface area (Å²) in [5.74, 6) is 1.95. The first-order chi connectivity index (χ1) is 11.6. The van der Waals surface area contributed by atoms with Crippen LogP contribution in [0.5, 0.6) is 0 Å². The third-order valence-corrected chi connectivity index (χ3v) is 4.27. The van der Waals surface area contributed by atoms with Crippen molar-refractivity contribution in [1.82, 2.24) is 15.8 Å². The van der Waals surface area contributed by atoms with Gasteiger partial charge in [0.05, 0.1) is 18.8 Å². The SMILES string of the molecule is CCNC(=NCc1ccc(SC)cc1)NCc1cc(C(C)C)no1.I. The number of nitrogens with one attached hydrogen (secondary N) is 2. The molecule has 0 saturated carbocycles. The summed E-state index contributed by atoms with van der Waals surface area (Å²) in [6.45, 7) is 8.26. The van der Waals surface area contributed by atoms with Crippen molar-refractivity contribution < 1.29 is 4.52 Å². The smallest absolute Gasteiger partial charge is 0.191 e. The zero-order valence-corrected chi connectivity index (χ0v) is 18.4. The molecular weight excluding hydrogens is 447 g/mol. The van der Waals surface area contributed by atoms with Crippen molar-refractivity contribution in [3.63, 3.8) is 0 Å². The molecule has 0 atom stereocenters. The Morgan fingerprint density at radius 3 is 2.52 bits per heavy atom. The topological polar surface area (TPSA) is 62.5 Å². The molecule has 0 saturated heterocycles. The Hall–Kier alpha value is -1.22. The minimum absolute atomic E-state index is 0. The fourth-order valence-electron chi connectivity index (χ4n) is 2.10. The van der Waals surface area contributed by atoms with Crippen LogP contribution in [-0.4, -0.2) is 23.9 Å². The number of aromatic nitrogens is 1. The summed E-state index contributed by atoms with van der Waals surface area (Å²) < 4.78 is 5.35. The maximum atomic E-state index is 5.35. The zero-order valence-electron chi connectivity index (χ0n) is 15.2. The standard InChI is InChI=1S/C18H26N4OS.HI/c1-5-19-18(20-11-14-6-8-16(24-4)9-7-14)21-12-15-10-17(13(2)3)22-23-15;/h6-10,13H,5,11-12H2,1-4H3,(H2,19,20,21);1H. The second kappa shape index (κ2) is 11.4. The number of hydrogen-bond acceptors (Lipinski definition) is 4. The number of thioether (sulfide) groups is 1. The van der Waals surface area contributed by atoms with E-state index in [1.807, 2.05) is 6.07 Å². The molecule has 0 radical (unpaired) electrons. The monoisotopic (exact) mass is 474 g/mol. The van der Waals surface area contributed by atoms with Gasteiger partial charge in [0.2, 0.25) is 0 Å². The van der Waals surface area contributed by atoms with Gasteiger partial charge in [0.15, 0.2) is 11.7 Å². The Morgan fingerprint density at radius 2 is 1.96 bits per heavy atom. The third-order valence-electron chi connectivity index (χ3n) is 3.52. The number of nitrogens with zero attached hydrogens (tertiary/aromatic N) is 2. The molecule has 0 unspecified atom stereocenters.